The van der Waals surface area contributed by atoms with Crippen LogP contribution in [0.1, 0.15) is 40.2 Å². The van der Waals surface area contributed by atoms with E-state index in [2.05, 4.69) is 14.9 Å². The van der Waals surface area contributed by atoms with Crippen molar-refractivity contribution in [1.29, 1.82) is 0 Å². The van der Waals surface area contributed by atoms with Crippen LogP contribution in [-0.2, 0) is 33.0 Å². The maximum Gasteiger partial charge on any atom is 0.274 e. The third-order valence-corrected chi connectivity index (χ3v) is 9.78. The zero-order chi connectivity index (χ0) is 32.2. The molecule has 0 atom stereocenters. The molecule has 1 fully saturated rings. The van der Waals surface area contributed by atoms with Crippen molar-refractivity contribution >= 4 is 28.8 Å². The number of nitrogens with zero attached hydrogens (tertiary/aromatic N) is 5. The number of aromatic nitrogens is 3. The maximum atomic E-state index is 15.3. The molecule has 3 aromatic heterocycles. The molecule has 7 rings (SSSR count). The molecule has 240 valence electrons. The van der Waals surface area contributed by atoms with E-state index in [0.29, 0.717) is 60.1 Å². The minimum Gasteiger partial charge on any atom is -0.392 e. The number of hydrogen-bond donors (Lipinski definition) is 4. The summed E-state index contributed by atoms with van der Waals surface area (Å²) in [5.41, 5.74) is 5.65. The summed E-state index contributed by atoms with van der Waals surface area (Å²) in [7, 11) is 3.42. The van der Waals surface area contributed by atoms with E-state index in [4.69, 9.17) is 0 Å². The maximum absolute atomic E-state index is 15.3. The second-order valence-electron chi connectivity index (χ2n) is 12.9. The van der Waals surface area contributed by atoms with Gasteiger partial charge in [-0.2, -0.15) is 4.65 Å². The lowest BCUT2D eigenvalue weighted by molar-refractivity contribution is -1.12. The van der Waals surface area contributed by atoms with Gasteiger partial charge in [0.2, 0.25) is 0 Å². The number of aryl methyl sites for hydroxylation is 2. The zero-order valence-electron chi connectivity index (χ0n) is 26.2. The molecule has 1 saturated heterocycles. The summed E-state index contributed by atoms with van der Waals surface area (Å²) in [5.74, 6) is -0.277. The summed E-state index contributed by atoms with van der Waals surface area (Å²) in [5, 5.41) is 23.9. The molecule has 5 heterocycles. The van der Waals surface area contributed by atoms with Gasteiger partial charge in [0.05, 0.1) is 25.5 Å². The van der Waals surface area contributed by atoms with Gasteiger partial charge < -0.3 is 24.5 Å². The molecule has 0 unspecified atom stereocenters. The van der Waals surface area contributed by atoms with Gasteiger partial charge in [-0.15, -0.1) is 0 Å². The number of rotatable bonds is 6. The van der Waals surface area contributed by atoms with Crippen LogP contribution < -0.4 is 20.7 Å². The lowest BCUT2D eigenvalue weighted by atomic mass is 9.97. The number of amides is 1. The van der Waals surface area contributed by atoms with Crippen LogP contribution in [0, 0.1) is 5.82 Å². The molecule has 11 nitrogen and oxygen atoms in total. The molecule has 12 heteroatoms. The fraction of sp³-hybridized carbons (Fsp3) is 0.382. The Balaban J connectivity index is 1.19. The molecule has 2 aliphatic heterocycles. The van der Waals surface area contributed by atoms with E-state index >= 15 is 4.39 Å². The van der Waals surface area contributed by atoms with Crippen molar-refractivity contribution in [3.8, 4) is 11.1 Å². The summed E-state index contributed by atoms with van der Waals surface area (Å²) in [6.45, 7) is 3.41. The Morgan fingerprint density at radius 3 is 2.59 bits per heavy atom. The number of pyridine rings is 2. The van der Waals surface area contributed by atoms with Crippen LogP contribution in [-0.4, -0.2) is 74.8 Å². The van der Waals surface area contributed by atoms with Crippen molar-refractivity contribution in [1.82, 2.24) is 14.1 Å². The number of benzene rings is 1. The van der Waals surface area contributed by atoms with Gasteiger partial charge >= 0.3 is 0 Å². The Bertz CT molecular complexity index is 1870. The number of quaternary nitrogens is 2. The number of hydroxylamine groups is 3. The van der Waals surface area contributed by atoms with E-state index in [-0.39, 0.29) is 21.8 Å². The highest BCUT2D eigenvalue weighted by atomic mass is 19.1. The first-order valence-electron chi connectivity index (χ1n) is 15.9. The molecule has 0 spiro atoms. The topological polar surface area (TPSA) is 117 Å². The normalized spacial score (nSPS) is 21.2. The van der Waals surface area contributed by atoms with Crippen LogP contribution in [0.25, 0.3) is 11.1 Å². The fourth-order valence-corrected chi connectivity index (χ4v) is 7.19. The zero-order valence-corrected chi connectivity index (χ0v) is 26.2. The highest BCUT2D eigenvalue weighted by molar-refractivity contribution is 6.07. The van der Waals surface area contributed by atoms with Crippen molar-refractivity contribution < 1.29 is 29.0 Å². The predicted molar refractivity (Wildman–Crippen MR) is 171 cm³/mol. The summed E-state index contributed by atoms with van der Waals surface area (Å²) in [6.07, 6.45) is 7.51. The van der Waals surface area contributed by atoms with Crippen molar-refractivity contribution in [3.63, 3.8) is 0 Å². The molecule has 3 aliphatic rings. The van der Waals surface area contributed by atoms with Crippen LogP contribution >= 0.6 is 0 Å². The SMILES string of the molecule is Cn1cc(-c2cc(F)cc(N3CCn4c(cc5c4CCCC5)C3=O)c2CO)cc(Nc2ccc([NH+]3CC[N+](C)(O)CC3)cn2)c1=O. The molecule has 0 bridgehead atoms. The Morgan fingerprint density at radius 1 is 1.07 bits per heavy atom. The molecular formula is C34H40FN7O4+2. The van der Waals surface area contributed by atoms with E-state index in [1.807, 2.05) is 25.2 Å². The average molecular weight is 630 g/mol. The lowest BCUT2D eigenvalue weighted by Crippen LogP contribution is -3.11. The second-order valence-corrected chi connectivity index (χ2v) is 12.9. The number of aliphatic hydroxyl groups excluding tert-OH is 1. The first-order valence-corrected chi connectivity index (χ1v) is 15.9. The van der Waals surface area contributed by atoms with Crippen LogP contribution in [0.5, 0.6) is 0 Å². The number of piperazine rings is 1. The molecular weight excluding hydrogens is 589 g/mol. The average Bonchev–Trinajstić information content (AvgIpc) is 3.43. The van der Waals surface area contributed by atoms with E-state index in [1.54, 1.807) is 30.4 Å². The van der Waals surface area contributed by atoms with Gasteiger partial charge in [0.15, 0.2) is 13.1 Å². The second kappa shape index (κ2) is 11.8. The minimum absolute atomic E-state index is 0.0190. The monoisotopic (exact) mass is 629 g/mol. The van der Waals surface area contributed by atoms with Gasteiger partial charge in [0.1, 0.15) is 41.8 Å². The third kappa shape index (κ3) is 5.51. The number of carbonyl (C=O) groups excluding carboxylic acids is 1. The van der Waals surface area contributed by atoms with Gasteiger partial charge in [0.25, 0.3) is 11.5 Å². The highest BCUT2D eigenvalue weighted by Crippen LogP contribution is 2.36. The molecule has 1 aromatic carbocycles. The quantitative estimate of drug-likeness (QED) is 0.244. The van der Waals surface area contributed by atoms with Gasteiger partial charge in [-0.25, -0.2) is 14.6 Å². The molecule has 4 N–H and O–H groups in total. The molecule has 46 heavy (non-hydrogen) atoms. The number of aliphatic hydroxyl groups is 1. The largest absolute Gasteiger partial charge is 0.392 e. The van der Waals surface area contributed by atoms with Crippen LogP contribution in [0.2, 0.25) is 0 Å². The Kier molecular flexibility index (Phi) is 7.76. The summed E-state index contributed by atoms with van der Waals surface area (Å²) in [4.78, 5) is 34.3. The first kappa shape index (κ1) is 30.3. The van der Waals surface area contributed by atoms with Gasteiger partial charge in [-0.05, 0) is 67.1 Å². The van der Waals surface area contributed by atoms with Crippen LogP contribution in [0.3, 0.4) is 0 Å². The van der Waals surface area contributed by atoms with Gasteiger partial charge in [-0.1, -0.05) is 0 Å². The standard InChI is InChI=1S/C34H39FN7O4/c1-38-20-23(15-28(33(38)44)37-32-8-7-25(19-36-32)39-11-13-42(2,46)14-12-39)26-17-24(35)18-30(27(26)21-43)41-10-9-40-29-6-4-3-5-22(29)16-31(40)34(41)45/h7-8,15-20,43,46H,3-6,9-14,21H2,1-2H3,(H,36,37)/q+1/p+1. The summed E-state index contributed by atoms with van der Waals surface area (Å²) in [6, 6.07) is 10.0. The highest BCUT2D eigenvalue weighted by Gasteiger charge is 2.33. The smallest absolute Gasteiger partial charge is 0.274 e. The molecule has 1 amide bonds. The number of hydrogen-bond acceptors (Lipinski definition) is 6. The van der Waals surface area contributed by atoms with E-state index < -0.39 is 12.4 Å². The van der Waals surface area contributed by atoms with Gasteiger partial charge in [0, 0.05) is 49.2 Å². The lowest BCUT2D eigenvalue weighted by Gasteiger charge is -2.33. The van der Waals surface area contributed by atoms with Crippen molar-refractivity contribution in [2.24, 2.45) is 7.05 Å². The van der Waals surface area contributed by atoms with Crippen molar-refractivity contribution in [2.75, 3.05) is 50.0 Å². The number of halogens is 1. The van der Waals surface area contributed by atoms with E-state index in [0.717, 1.165) is 44.5 Å². The van der Waals surface area contributed by atoms with Gasteiger partial charge in [-0.3, -0.25) is 14.5 Å². The molecule has 0 saturated carbocycles. The number of nitrogens with one attached hydrogen (secondary N) is 2. The molecule has 0 radical (unpaired) electrons. The molecule has 1 aliphatic carbocycles. The van der Waals surface area contributed by atoms with Crippen LogP contribution in [0.15, 0.2) is 53.6 Å². The Morgan fingerprint density at radius 2 is 1.85 bits per heavy atom. The number of carbonyl (C=O) groups is 1. The van der Waals surface area contributed by atoms with Crippen molar-refractivity contribution in [3.05, 3.63) is 87.5 Å². The number of likely N-dealkylation sites (N-methyl/N-ethyl adjacent to an activating group) is 1. The minimum atomic E-state index is -0.545. The summed E-state index contributed by atoms with van der Waals surface area (Å²) < 4.78 is 18.9. The molecule has 4 aromatic rings. The van der Waals surface area contributed by atoms with E-state index in [1.165, 1.54) is 32.9 Å². The van der Waals surface area contributed by atoms with E-state index in [9.17, 15) is 19.9 Å². The van der Waals surface area contributed by atoms with Crippen molar-refractivity contribution in [2.45, 2.75) is 38.8 Å². The first-order chi connectivity index (χ1) is 22.1. The Labute approximate surface area is 266 Å². The fourth-order valence-electron chi connectivity index (χ4n) is 7.19. The number of anilines is 3. The Hall–Kier alpha value is -4.36. The third-order valence-electron chi connectivity index (χ3n) is 9.78. The predicted octanol–water partition coefficient (Wildman–Crippen LogP) is 2.53. The van der Waals surface area contributed by atoms with Crippen LogP contribution in [0.4, 0.5) is 27.3 Å². The summed E-state index contributed by atoms with van der Waals surface area (Å²) >= 11 is 0. The number of fused-ring (bicyclic) bond motifs is 3.